The van der Waals surface area contributed by atoms with Gasteiger partial charge in [-0.15, -0.1) is 11.6 Å². The van der Waals surface area contributed by atoms with E-state index in [0.29, 0.717) is 0 Å². The second-order valence-electron chi connectivity index (χ2n) is 16.5. The van der Waals surface area contributed by atoms with Crippen LogP contribution >= 0.6 is 11.6 Å². The molecular weight excluding hydrogens is 941 g/mol. The SMILES string of the molecule is CCCCC/C=C\C/C=C\CCCCCCCC(=O)N(C(=O)CCCCCCC/C=C\C/C=C\CCCCC)C(=O)CCCCCCC/C=C\C/C=C\CCCCCCl.[Pt]. The molecule has 0 spiro atoms. The molecule has 0 fully saturated rings. The molecule has 3 amide bonds. The summed E-state index contributed by atoms with van der Waals surface area (Å²) in [6.07, 6.45) is 64.4. The maximum atomic E-state index is 13.3. The van der Waals surface area contributed by atoms with Gasteiger partial charge in [-0.25, -0.2) is 4.90 Å². The van der Waals surface area contributed by atoms with Gasteiger partial charge in [0.2, 0.25) is 17.7 Å². The smallest absolute Gasteiger partial charge is 0.236 e. The zero-order valence-electron chi connectivity index (χ0n) is 39.0. The summed E-state index contributed by atoms with van der Waals surface area (Å²) in [6, 6.07) is 0. The fraction of sp³-hybridized carbons (Fsp3) is 0.722. The Labute approximate surface area is 391 Å². The molecule has 0 aromatic carbocycles. The van der Waals surface area contributed by atoms with Gasteiger partial charge in [0.05, 0.1) is 0 Å². The number of halogens is 1. The molecule has 0 bridgehead atoms. The summed E-state index contributed by atoms with van der Waals surface area (Å²) >= 11 is 5.73. The number of allylic oxidation sites excluding steroid dienone is 12. The molecule has 0 aromatic heterocycles. The van der Waals surface area contributed by atoms with Gasteiger partial charge in [0.25, 0.3) is 0 Å². The van der Waals surface area contributed by atoms with Crippen LogP contribution in [0.25, 0.3) is 0 Å². The minimum atomic E-state index is -0.291. The van der Waals surface area contributed by atoms with Crippen LogP contribution in [0.3, 0.4) is 0 Å². The first-order chi connectivity index (χ1) is 29.1. The van der Waals surface area contributed by atoms with E-state index in [-0.39, 0.29) is 58.0 Å². The van der Waals surface area contributed by atoms with E-state index in [4.69, 9.17) is 11.6 Å². The van der Waals surface area contributed by atoms with Crippen molar-refractivity contribution in [1.82, 2.24) is 4.90 Å². The predicted molar refractivity (Wildman–Crippen MR) is 260 cm³/mol. The van der Waals surface area contributed by atoms with Crippen molar-refractivity contribution >= 4 is 29.3 Å². The summed E-state index contributed by atoms with van der Waals surface area (Å²) in [4.78, 5) is 41.1. The Morgan fingerprint density at radius 2 is 0.567 bits per heavy atom. The molecule has 6 heteroatoms. The maximum Gasteiger partial charge on any atom is 0.236 e. The van der Waals surface area contributed by atoms with Crippen molar-refractivity contribution < 1.29 is 35.4 Å². The van der Waals surface area contributed by atoms with Crippen LogP contribution < -0.4 is 0 Å². The van der Waals surface area contributed by atoms with Gasteiger partial charge in [0, 0.05) is 46.2 Å². The summed E-state index contributed by atoms with van der Waals surface area (Å²) in [5, 5.41) is 0. The van der Waals surface area contributed by atoms with Gasteiger partial charge in [-0.3, -0.25) is 14.4 Å². The van der Waals surface area contributed by atoms with Crippen LogP contribution in [0.5, 0.6) is 0 Å². The number of amides is 3. The van der Waals surface area contributed by atoms with E-state index < -0.39 is 0 Å². The van der Waals surface area contributed by atoms with E-state index in [2.05, 4.69) is 86.8 Å². The van der Waals surface area contributed by atoms with Gasteiger partial charge >= 0.3 is 0 Å². The van der Waals surface area contributed by atoms with Gasteiger partial charge in [-0.1, -0.05) is 177 Å². The number of carbonyl (C=O) groups excluding carboxylic acids is 3. The Bertz CT molecular complexity index is 1080. The van der Waals surface area contributed by atoms with Crippen molar-refractivity contribution in [2.45, 2.75) is 245 Å². The van der Waals surface area contributed by atoms with E-state index in [1.54, 1.807) is 0 Å². The minimum absolute atomic E-state index is 0. The molecule has 0 aliphatic carbocycles. The fourth-order valence-corrected chi connectivity index (χ4v) is 7.23. The zero-order chi connectivity index (χ0) is 43.0. The Hall–Kier alpha value is -1.77. The van der Waals surface area contributed by atoms with Crippen molar-refractivity contribution in [2.75, 3.05) is 5.88 Å². The molecule has 0 saturated carbocycles. The van der Waals surface area contributed by atoms with Crippen LogP contribution in [-0.4, -0.2) is 28.5 Å². The van der Waals surface area contributed by atoms with Crippen molar-refractivity contribution in [3.05, 3.63) is 72.9 Å². The molecule has 348 valence electrons. The molecule has 0 aromatic rings. The van der Waals surface area contributed by atoms with Crippen molar-refractivity contribution in [3.63, 3.8) is 0 Å². The zero-order valence-corrected chi connectivity index (χ0v) is 42.0. The van der Waals surface area contributed by atoms with Crippen LogP contribution in [-0.2, 0) is 35.4 Å². The van der Waals surface area contributed by atoms with Crippen LogP contribution in [0, 0.1) is 0 Å². The average Bonchev–Trinajstić information content (AvgIpc) is 3.23. The van der Waals surface area contributed by atoms with Crippen LogP contribution in [0.1, 0.15) is 245 Å². The molecule has 60 heavy (non-hydrogen) atoms. The Balaban J connectivity index is 0. The van der Waals surface area contributed by atoms with Crippen LogP contribution in [0.4, 0.5) is 0 Å². The van der Waals surface area contributed by atoms with E-state index in [9.17, 15) is 14.4 Å². The van der Waals surface area contributed by atoms with Crippen molar-refractivity contribution in [2.24, 2.45) is 0 Å². The summed E-state index contributed by atoms with van der Waals surface area (Å²) in [7, 11) is 0. The van der Waals surface area contributed by atoms with Gasteiger partial charge in [0.1, 0.15) is 0 Å². The first-order valence-corrected chi connectivity index (χ1v) is 25.5. The largest absolute Gasteiger partial charge is 0.274 e. The number of hydrogen-bond donors (Lipinski definition) is 0. The summed E-state index contributed by atoms with van der Waals surface area (Å²) in [5.41, 5.74) is 0. The van der Waals surface area contributed by atoms with Gasteiger partial charge in [-0.2, -0.15) is 0 Å². The second-order valence-corrected chi connectivity index (χ2v) is 16.9. The summed E-state index contributed by atoms with van der Waals surface area (Å²) in [5.74, 6) is -0.109. The third-order valence-corrected chi connectivity index (χ3v) is 11.1. The standard InChI is InChI=1S/C54H92ClNO3.Pt/c1-3-5-7-9-11-13-15-17-20-24-28-32-36-40-44-48-52(57)56(53(58)49-45-41-37-33-29-25-21-18-16-14-12-10-8-6-4-2)54(59)50-46-42-38-34-30-26-22-19-23-27-31-35-39-43-47-51-55;/h11-14,17-22,27,31H,3-10,15-16,23-26,28-30,32-51H2,1-2H3;/b13-11-,14-12-,20-17-,21-18-,22-19-,31-27-;. The first kappa shape index (κ1) is 60.3. The van der Waals surface area contributed by atoms with Gasteiger partial charge < -0.3 is 0 Å². The molecular formula is C54H92ClNO3Pt. The number of unbranched alkanes of at least 4 members (excludes halogenated alkanes) is 24. The average molecular weight is 1030 g/mol. The molecule has 0 heterocycles. The number of alkyl halides is 1. The molecule has 0 rings (SSSR count). The maximum absolute atomic E-state index is 13.3. The Morgan fingerprint density at radius 1 is 0.333 bits per heavy atom. The van der Waals surface area contributed by atoms with E-state index in [0.717, 1.165) is 158 Å². The summed E-state index contributed by atoms with van der Waals surface area (Å²) < 4.78 is 0. The number of rotatable bonds is 43. The van der Waals surface area contributed by atoms with Gasteiger partial charge in [0.15, 0.2) is 0 Å². The number of nitrogens with zero attached hydrogens (tertiary/aromatic N) is 1. The normalized spacial score (nSPS) is 12.1. The first-order valence-electron chi connectivity index (χ1n) is 24.9. The number of carbonyl (C=O) groups is 3. The van der Waals surface area contributed by atoms with Gasteiger partial charge in [-0.05, 0) is 122 Å². The Morgan fingerprint density at radius 3 is 0.833 bits per heavy atom. The minimum Gasteiger partial charge on any atom is -0.274 e. The van der Waals surface area contributed by atoms with Crippen LogP contribution in [0.2, 0.25) is 0 Å². The molecule has 4 nitrogen and oxygen atoms in total. The van der Waals surface area contributed by atoms with E-state index in [1.807, 2.05) is 0 Å². The third kappa shape index (κ3) is 44.3. The Kier molecular flexibility index (Phi) is 51.9. The number of hydrogen-bond acceptors (Lipinski definition) is 3. The molecule has 0 saturated heterocycles. The van der Waals surface area contributed by atoms with Crippen molar-refractivity contribution in [1.29, 1.82) is 0 Å². The predicted octanol–water partition coefficient (Wildman–Crippen LogP) is 17.5. The van der Waals surface area contributed by atoms with Crippen molar-refractivity contribution in [3.8, 4) is 0 Å². The molecule has 0 aliphatic heterocycles. The third-order valence-electron chi connectivity index (χ3n) is 10.8. The monoisotopic (exact) mass is 1030 g/mol. The fourth-order valence-electron chi connectivity index (χ4n) is 7.04. The molecule has 0 atom stereocenters. The second kappa shape index (κ2) is 51.6. The topological polar surface area (TPSA) is 54.5 Å². The van der Waals surface area contributed by atoms with Crippen LogP contribution in [0.15, 0.2) is 72.9 Å². The molecule has 0 radical (unpaired) electrons. The van der Waals surface area contributed by atoms with E-state index >= 15 is 0 Å². The summed E-state index contributed by atoms with van der Waals surface area (Å²) in [6.45, 7) is 4.48. The molecule has 0 unspecified atom stereocenters. The molecule has 0 N–H and O–H groups in total. The van der Waals surface area contributed by atoms with E-state index in [1.165, 1.54) is 64.2 Å². The number of imide groups is 3. The quantitative estimate of drug-likeness (QED) is 0.0347. The molecule has 0 aliphatic rings.